The van der Waals surface area contributed by atoms with E-state index >= 15 is 0 Å². The second-order valence-corrected chi connectivity index (χ2v) is 8.29. The summed E-state index contributed by atoms with van der Waals surface area (Å²) in [6.07, 6.45) is -4.07. The number of hydrogen-bond acceptors (Lipinski definition) is 3. The quantitative estimate of drug-likeness (QED) is 0.443. The standard InChI is InChI=1S/C24H22F5N3O2/c1-14-3-4-16(25)12-20(14)21-11-15(2)30-32(21)18-7-9-31(10-8-18)23(33)19-6-5-17(26)13-22(19)34-24(27,28)29/h3-6,11-13,18H,7-10H2,1-2H3. The largest absolute Gasteiger partial charge is 0.573 e. The highest BCUT2D eigenvalue weighted by Gasteiger charge is 2.35. The van der Waals surface area contributed by atoms with E-state index < -0.39 is 23.8 Å². The SMILES string of the molecule is Cc1cc(-c2cc(F)ccc2C)n(C2CCN(C(=O)c3ccc(F)cc3OC(F)(F)F)CC2)n1. The van der Waals surface area contributed by atoms with Gasteiger partial charge in [0.2, 0.25) is 0 Å². The minimum atomic E-state index is -5.06. The average Bonchev–Trinajstić information content (AvgIpc) is 3.15. The molecule has 1 amide bonds. The highest BCUT2D eigenvalue weighted by atomic mass is 19.4. The predicted octanol–water partition coefficient (Wildman–Crippen LogP) is 5.82. The Hall–Kier alpha value is -3.43. The number of carbonyl (C=O) groups is 1. The van der Waals surface area contributed by atoms with Crippen LogP contribution in [-0.2, 0) is 0 Å². The van der Waals surface area contributed by atoms with Crippen molar-refractivity contribution in [3.63, 3.8) is 0 Å². The number of hydrogen-bond donors (Lipinski definition) is 0. The van der Waals surface area contributed by atoms with E-state index in [1.165, 1.54) is 17.0 Å². The van der Waals surface area contributed by atoms with Gasteiger partial charge in [0, 0.05) is 24.7 Å². The first-order valence-electron chi connectivity index (χ1n) is 10.7. The number of benzene rings is 2. The van der Waals surface area contributed by atoms with Gasteiger partial charge in [0.05, 0.1) is 23.0 Å². The number of aryl methyl sites for hydroxylation is 2. The second kappa shape index (κ2) is 9.08. The summed E-state index contributed by atoms with van der Waals surface area (Å²) in [6.45, 7) is 4.23. The van der Waals surface area contributed by atoms with Crippen molar-refractivity contribution in [2.45, 2.75) is 39.1 Å². The number of rotatable bonds is 4. The number of alkyl halides is 3. The maximum Gasteiger partial charge on any atom is 0.573 e. The Kier molecular flexibility index (Phi) is 6.33. The molecule has 1 aliphatic rings. The molecular formula is C24H22F5N3O2. The third-order valence-electron chi connectivity index (χ3n) is 5.83. The summed E-state index contributed by atoms with van der Waals surface area (Å²) in [5.74, 6) is -2.84. The minimum absolute atomic E-state index is 0.0884. The first-order chi connectivity index (χ1) is 16.0. The number of nitrogens with zero attached hydrogens (tertiary/aromatic N) is 3. The maximum absolute atomic E-state index is 13.9. The third-order valence-corrected chi connectivity index (χ3v) is 5.83. The number of likely N-dealkylation sites (tertiary alicyclic amines) is 1. The highest BCUT2D eigenvalue weighted by Crippen LogP contribution is 2.33. The zero-order valence-electron chi connectivity index (χ0n) is 18.5. The van der Waals surface area contributed by atoms with Crippen molar-refractivity contribution in [2.24, 2.45) is 0 Å². The minimum Gasteiger partial charge on any atom is -0.405 e. The van der Waals surface area contributed by atoms with Gasteiger partial charge in [0.25, 0.3) is 5.91 Å². The van der Waals surface area contributed by atoms with Crippen molar-refractivity contribution in [3.8, 4) is 17.0 Å². The van der Waals surface area contributed by atoms with Crippen molar-refractivity contribution < 1.29 is 31.5 Å². The lowest BCUT2D eigenvalue weighted by molar-refractivity contribution is -0.274. The molecule has 0 unspecified atom stereocenters. The molecule has 0 bridgehead atoms. The molecule has 0 atom stereocenters. The van der Waals surface area contributed by atoms with Crippen LogP contribution < -0.4 is 4.74 Å². The van der Waals surface area contributed by atoms with Crippen LogP contribution in [0.2, 0.25) is 0 Å². The number of aromatic nitrogens is 2. The number of piperidine rings is 1. The molecule has 2 aromatic carbocycles. The van der Waals surface area contributed by atoms with Gasteiger partial charge in [-0.15, -0.1) is 13.2 Å². The molecule has 5 nitrogen and oxygen atoms in total. The molecule has 4 rings (SSSR count). The number of carbonyl (C=O) groups excluding carboxylic acids is 1. The lowest BCUT2D eigenvalue weighted by Crippen LogP contribution is -2.39. The topological polar surface area (TPSA) is 47.4 Å². The van der Waals surface area contributed by atoms with Gasteiger partial charge in [0.1, 0.15) is 17.4 Å². The van der Waals surface area contributed by atoms with E-state index in [2.05, 4.69) is 9.84 Å². The van der Waals surface area contributed by atoms with E-state index in [0.29, 0.717) is 18.9 Å². The molecule has 1 saturated heterocycles. The van der Waals surface area contributed by atoms with Gasteiger partial charge in [-0.05, 0) is 62.6 Å². The summed E-state index contributed by atoms with van der Waals surface area (Å²) in [5.41, 5.74) is 2.78. The van der Waals surface area contributed by atoms with Crippen molar-refractivity contribution in [1.29, 1.82) is 0 Å². The number of halogens is 5. The van der Waals surface area contributed by atoms with Crippen molar-refractivity contribution >= 4 is 5.91 Å². The monoisotopic (exact) mass is 479 g/mol. The molecule has 1 aliphatic heterocycles. The molecule has 0 spiro atoms. The fraction of sp³-hybridized carbons (Fsp3) is 0.333. The Morgan fingerprint density at radius 1 is 1.00 bits per heavy atom. The van der Waals surface area contributed by atoms with Crippen LogP contribution in [0.15, 0.2) is 42.5 Å². The van der Waals surface area contributed by atoms with Crippen LogP contribution in [0.25, 0.3) is 11.3 Å². The van der Waals surface area contributed by atoms with Gasteiger partial charge in [-0.3, -0.25) is 9.48 Å². The van der Waals surface area contributed by atoms with Crippen LogP contribution in [0.1, 0.15) is 40.5 Å². The van der Waals surface area contributed by atoms with Crippen LogP contribution >= 0.6 is 0 Å². The zero-order valence-corrected chi connectivity index (χ0v) is 18.5. The molecule has 0 aliphatic carbocycles. The third kappa shape index (κ3) is 5.05. The molecule has 2 heterocycles. The van der Waals surface area contributed by atoms with Crippen LogP contribution in [0, 0.1) is 25.5 Å². The molecule has 1 fully saturated rings. The van der Waals surface area contributed by atoms with Gasteiger partial charge in [-0.2, -0.15) is 5.10 Å². The highest BCUT2D eigenvalue weighted by molar-refractivity contribution is 5.97. The summed E-state index contributed by atoms with van der Waals surface area (Å²) in [5, 5.41) is 4.58. The van der Waals surface area contributed by atoms with Crippen LogP contribution in [-0.4, -0.2) is 40.0 Å². The molecule has 0 radical (unpaired) electrons. The Bertz CT molecular complexity index is 1210. The van der Waals surface area contributed by atoms with Gasteiger partial charge >= 0.3 is 6.36 Å². The van der Waals surface area contributed by atoms with E-state index in [4.69, 9.17) is 0 Å². The van der Waals surface area contributed by atoms with E-state index in [-0.39, 0.29) is 30.5 Å². The van der Waals surface area contributed by atoms with Crippen molar-refractivity contribution in [1.82, 2.24) is 14.7 Å². The summed E-state index contributed by atoms with van der Waals surface area (Å²) in [4.78, 5) is 14.3. The fourth-order valence-corrected chi connectivity index (χ4v) is 4.23. The first kappa shape index (κ1) is 23.7. The number of amides is 1. The second-order valence-electron chi connectivity index (χ2n) is 8.29. The fourth-order valence-electron chi connectivity index (χ4n) is 4.23. The maximum atomic E-state index is 13.9. The molecule has 3 aromatic rings. The van der Waals surface area contributed by atoms with E-state index in [1.54, 1.807) is 6.07 Å². The summed E-state index contributed by atoms with van der Waals surface area (Å²) >= 11 is 0. The summed E-state index contributed by atoms with van der Waals surface area (Å²) < 4.78 is 71.3. The normalized spacial score (nSPS) is 15.0. The van der Waals surface area contributed by atoms with Gasteiger partial charge < -0.3 is 9.64 Å². The number of ether oxygens (including phenoxy) is 1. The Balaban J connectivity index is 1.53. The van der Waals surface area contributed by atoms with Gasteiger partial charge in [-0.1, -0.05) is 6.07 Å². The smallest absolute Gasteiger partial charge is 0.405 e. The molecule has 10 heteroatoms. The molecule has 0 saturated carbocycles. The molecule has 1 aromatic heterocycles. The summed E-state index contributed by atoms with van der Waals surface area (Å²) in [6, 6.07) is 8.79. The molecular weight excluding hydrogens is 457 g/mol. The van der Waals surface area contributed by atoms with Crippen molar-refractivity contribution in [3.05, 3.63) is 70.9 Å². The van der Waals surface area contributed by atoms with Crippen molar-refractivity contribution in [2.75, 3.05) is 13.1 Å². The van der Waals surface area contributed by atoms with Crippen LogP contribution in [0.5, 0.6) is 5.75 Å². The Labute approximate surface area is 192 Å². The van der Waals surface area contributed by atoms with Crippen LogP contribution in [0.4, 0.5) is 22.0 Å². The van der Waals surface area contributed by atoms with Gasteiger partial charge in [0.15, 0.2) is 0 Å². The molecule has 180 valence electrons. The van der Waals surface area contributed by atoms with E-state index in [0.717, 1.165) is 34.6 Å². The van der Waals surface area contributed by atoms with E-state index in [9.17, 15) is 26.7 Å². The Morgan fingerprint density at radius 2 is 1.65 bits per heavy atom. The lowest BCUT2D eigenvalue weighted by atomic mass is 10.0. The van der Waals surface area contributed by atoms with Gasteiger partial charge in [-0.25, -0.2) is 8.78 Å². The zero-order chi connectivity index (χ0) is 24.6. The summed E-state index contributed by atoms with van der Waals surface area (Å²) in [7, 11) is 0. The Morgan fingerprint density at radius 3 is 2.32 bits per heavy atom. The lowest BCUT2D eigenvalue weighted by Gasteiger charge is -2.33. The van der Waals surface area contributed by atoms with Crippen LogP contribution in [0.3, 0.4) is 0 Å². The molecule has 0 N–H and O–H groups in total. The first-order valence-corrected chi connectivity index (χ1v) is 10.7. The molecule has 34 heavy (non-hydrogen) atoms. The predicted molar refractivity (Wildman–Crippen MR) is 114 cm³/mol. The van der Waals surface area contributed by atoms with E-state index in [1.807, 2.05) is 24.6 Å². The average molecular weight is 479 g/mol.